The minimum Gasteiger partial charge on any atom is -0.326 e. The number of benzene rings is 2. The molecule has 150 valence electrons. The molecule has 2 aromatic carbocycles. The first-order chi connectivity index (χ1) is 13.2. The van der Waals surface area contributed by atoms with E-state index in [-0.39, 0.29) is 18.2 Å². The number of nitrogens with zero attached hydrogens (tertiary/aromatic N) is 1. The summed E-state index contributed by atoms with van der Waals surface area (Å²) in [5, 5.41) is 3.37. The molecule has 1 aliphatic rings. The molecule has 0 aliphatic carbocycles. The number of amides is 1. The lowest BCUT2D eigenvalue weighted by atomic mass is 9.99. The number of rotatable bonds is 5. The third-order valence-corrected chi connectivity index (χ3v) is 7.15. The first-order valence-electron chi connectivity index (χ1n) is 8.73. The van der Waals surface area contributed by atoms with Crippen LogP contribution in [-0.2, 0) is 20.6 Å². The lowest BCUT2D eigenvalue weighted by molar-refractivity contribution is -0.120. The molecule has 3 rings (SSSR count). The standard InChI is InChI=1S/C19H19Cl2FN2O3S/c20-17-8-3-13(10-18(17)21)12-28(26,27)24-9-1-2-14(11-24)19(25)23-16-6-4-15(22)5-7-16/h3-8,10,14H,1-2,9,11-12H2,(H,23,25). The molecule has 1 saturated heterocycles. The highest BCUT2D eigenvalue weighted by Gasteiger charge is 2.32. The van der Waals surface area contributed by atoms with E-state index >= 15 is 0 Å². The first-order valence-corrected chi connectivity index (χ1v) is 11.1. The number of anilines is 1. The largest absolute Gasteiger partial charge is 0.326 e. The maximum absolute atomic E-state index is 13.0. The topological polar surface area (TPSA) is 66.5 Å². The molecule has 28 heavy (non-hydrogen) atoms. The number of carbonyl (C=O) groups is 1. The van der Waals surface area contributed by atoms with Crippen molar-refractivity contribution in [1.82, 2.24) is 4.31 Å². The number of nitrogens with one attached hydrogen (secondary N) is 1. The van der Waals surface area contributed by atoms with Crippen LogP contribution in [0.15, 0.2) is 42.5 Å². The summed E-state index contributed by atoms with van der Waals surface area (Å²) in [6, 6.07) is 10.2. The monoisotopic (exact) mass is 444 g/mol. The number of hydrogen-bond donors (Lipinski definition) is 1. The molecule has 0 spiro atoms. The van der Waals surface area contributed by atoms with Gasteiger partial charge in [-0.1, -0.05) is 29.3 Å². The second-order valence-corrected chi connectivity index (χ2v) is 9.48. The van der Waals surface area contributed by atoms with Gasteiger partial charge in [0.1, 0.15) is 5.82 Å². The molecule has 0 aromatic heterocycles. The van der Waals surface area contributed by atoms with Crippen LogP contribution in [0.3, 0.4) is 0 Å². The Labute approximate surface area is 173 Å². The molecule has 9 heteroatoms. The predicted molar refractivity (Wildman–Crippen MR) is 108 cm³/mol. The maximum atomic E-state index is 13.0. The van der Waals surface area contributed by atoms with Gasteiger partial charge in [-0.3, -0.25) is 4.79 Å². The number of piperidine rings is 1. The Morgan fingerprint density at radius 1 is 1.14 bits per heavy atom. The highest BCUT2D eigenvalue weighted by Crippen LogP contribution is 2.26. The van der Waals surface area contributed by atoms with Gasteiger partial charge in [0.05, 0.1) is 21.7 Å². The molecule has 0 radical (unpaired) electrons. The Balaban J connectivity index is 1.66. The van der Waals surface area contributed by atoms with Crippen molar-refractivity contribution in [3.05, 3.63) is 63.9 Å². The second-order valence-electron chi connectivity index (χ2n) is 6.70. The van der Waals surface area contributed by atoms with Crippen LogP contribution in [0.2, 0.25) is 10.0 Å². The second kappa shape index (κ2) is 8.78. The molecule has 1 aliphatic heterocycles. The SMILES string of the molecule is O=C(Nc1ccc(F)cc1)C1CCCN(S(=O)(=O)Cc2ccc(Cl)c(Cl)c2)C1. The van der Waals surface area contributed by atoms with Gasteiger partial charge in [-0.05, 0) is 54.8 Å². The molecule has 0 saturated carbocycles. The van der Waals surface area contributed by atoms with Crippen LogP contribution < -0.4 is 5.32 Å². The van der Waals surface area contributed by atoms with E-state index in [9.17, 15) is 17.6 Å². The Hall–Kier alpha value is -1.67. The van der Waals surface area contributed by atoms with Crippen molar-refractivity contribution in [3.8, 4) is 0 Å². The quantitative estimate of drug-likeness (QED) is 0.746. The summed E-state index contributed by atoms with van der Waals surface area (Å²) in [4.78, 5) is 12.5. The zero-order valence-electron chi connectivity index (χ0n) is 14.9. The summed E-state index contributed by atoms with van der Waals surface area (Å²) in [6.07, 6.45) is 1.17. The van der Waals surface area contributed by atoms with Gasteiger partial charge in [0.15, 0.2) is 0 Å². The highest BCUT2D eigenvalue weighted by molar-refractivity contribution is 7.88. The van der Waals surface area contributed by atoms with Gasteiger partial charge < -0.3 is 5.32 Å². The molecule has 1 fully saturated rings. The number of carbonyl (C=O) groups excluding carboxylic acids is 1. The van der Waals surface area contributed by atoms with Crippen molar-refractivity contribution in [2.24, 2.45) is 5.92 Å². The molecule has 1 amide bonds. The van der Waals surface area contributed by atoms with Crippen molar-refractivity contribution in [2.45, 2.75) is 18.6 Å². The van der Waals surface area contributed by atoms with Crippen molar-refractivity contribution in [2.75, 3.05) is 18.4 Å². The third-order valence-electron chi connectivity index (χ3n) is 4.59. The van der Waals surface area contributed by atoms with Crippen LogP contribution in [0.1, 0.15) is 18.4 Å². The molecule has 0 bridgehead atoms. The van der Waals surface area contributed by atoms with Gasteiger partial charge in [0.2, 0.25) is 15.9 Å². The summed E-state index contributed by atoms with van der Waals surface area (Å²) in [5.74, 6) is -1.35. The number of halogens is 3. The highest BCUT2D eigenvalue weighted by atomic mass is 35.5. The van der Waals surface area contributed by atoms with Gasteiger partial charge in [-0.2, -0.15) is 0 Å². The summed E-state index contributed by atoms with van der Waals surface area (Å²) < 4.78 is 39.9. The van der Waals surface area contributed by atoms with Gasteiger partial charge in [0, 0.05) is 18.8 Å². The smallest absolute Gasteiger partial charge is 0.228 e. The van der Waals surface area contributed by atoms with Crippen LogP contribution >= 0.6 is 23.2 Å². The minimum atomic E-state index is -3.61. The number of sulfonamides is 1. The van der Waals surface area contributed by atoms with E-state index in [4.69, 9.17) is 23.2 Å². The zero-order valence-corrected chi connectivity index (χ0v) is 17.2. The molecule has 2 aromatic rings. The van der Waals surface area contributed by atoms with E-state index in [1.54, 1.807) is 12.1 Å². The van der Waals surface area contributed by atoms with Crippen LogP contribution in [0.5, 0.6) is 0 Å². The van der Waals surface area contributed by atoms with Gasteiger partial charge in [0.25, 0.3) is 0 Å². The summed E-state index contributed by atoms with van der Waals surface area (Å²) in [5.41, 5.74) is 1.01. The first kappa shape index (κ1) is 21.0. The Bertz CT molecular complexity index is 968. The van der Waals surface area contributed by atoms with Crippen LogP contribution in [-0.4, -0.2) is 31.7 Å². The Morgan fingerprint density at radius 3 is 2.54 bits per heavy atom. The third kappa shape index (κ3) is 5.23. The predicted octanol–water partition coefficient (Wildman–Crippen LogP) is 4.31. The molecule has 1 heterocycles. The molecule has 1 atom stereocenters. The fourth-order valence-electron chi connectivity index (χ4n) is 3.12. The van der Waals surface area contributed by atoms with Crippen molar-refractivity contribution < 1.29 is 17.6 Å². The molecule has 5 nitrogen and oxygen atoms in total. The van der Waals surface area contributed by atoms with Crippen molar-refractivity contribution in [1.29, 1.82) is 0 Å². The lowest BCUT2D eigenvalue weighted by Crippen LogP contribution is -2.44. The van der Waals surface area contributed by atoms with Crippen LogP contribution in [0.25, 0.3) is 0 Å². The van der Waals surface area contributed by atoms with Crippen LogP contribution in [0.4, 0.5) is 10.1 Å². The molecule has 1 N–H and O–H groups in total. The van der Waals surface area contributed by atoms with Crippen molar-refractivity contribution in [3.63, 3.8) is 0 Å². The zero-order chi connectivity index (χ0) is 20.3. The van der Waals surface area contributed by atoms with Crippen molar-refractivity contribution >= 4 is 44.8 Å². The van der Waals surface area contributed by atoms with E-state index in [0.29, 0.717) is 40.7 Å². The Morgan fingerprint density at radius 2 is 1.86 bits per heavy atom. The van der Waals surface area contributed by atoms with E-state index in [1.165, 1.54) is 34.6 Å². The fraction of sp³-hybridized carbons (Fsp3) is 0.316. The average Bonchev–Trinajstić information content (AvgIpc) is 2.66. The van der Waals surface area contributed by atoms with Gasteiger partial charge >= 0.3 is 0 Å². The number of hydrogen-bond acceptors (Lipinski definition) is 3. The molecular formula is C19H19Cl2FN2O3S. The van der Waals surface area contributed by atoms with E-state index in [0.717, 1.165) is 0 Å². The summed E-state index contributed by atoms with van der Waals surface area (Å²) in [7, 11) is -3.61. The average molecular weight is 445 g/mol. The minimum absolute atomic E-state index is 0.108. The van der Waals surface area contributed by atoms with Gasteiger partial charge in [-0.25, -0.2) is 17.1 Å². The van der Waals surface area contributed by atoms with Gasteiger partial charge in [-0.15, -0.1) is 0 Å². The maximum Gasteiger partial charge on any atom is 0.228 e. The molecular weight excluding hydrogens is 426 g/mol. The lowest BCUT2D eigenvalue weighted by Gasteiger charge is -2.31. The summed E-state index contributed by atoms with van der Waals surface area (Å²) in [6.45, 7) is 0.473. The van der Waals surface area contributed by atoms with Crippen LogP contribution in [0, 0.1) is 11.7 Å². The van der Waals surface area contributed by atoms with E-state index in [1.807, 2.05) is 0 Å². The Kier molecular flexibility index (Phi) is 6.60. The van der Waals surface area contributed by atoms with E-state index in [2.05, 4.69) is 5.32 Å². The van der Waals surface area contributed by atoms with E-state index < -0.39 is 21.8 Å². The summed E-state index contributed by atoms with van der Waals surface area (Å²) >= 11 is 11.8. The molecule has 1 unspecified atom stereocenters. The normalized spacial score (nSPS) is 18.0. The fourth-order valence-corrected chi connectivity index (χ4v) is 5.04.